The molecule has 0 spiro atoms. The van der Waals surface area contributed by atoms with Crippen molar-refractivity contribution < 1.29 is 24.1 Å². The van der Waals surface area contributed by atoms with E-state index in [2.05, 4.69) is 4.98 Å². The van der Waals surface area contributed by atoms with Crippen molar-refractivity contribution in [2.24, 2.45) is 0 Å². The maximum absolute atomic E-state index is 10.5. The Morgan fingerprint density at radius 1 is 1.10 bits per heavy atom. The van der Waals surface area contributed by atoms with Crippen LogP contribution in [0.3, 0.4) is 0 Å². The minimum absolute atomic E-state index is 0.145. The lowest BCUT2D eigenvalue weighted by Gasteiger charge is -2.14. The fraction of sp³-hybridized carbons (Fsp3) is 0.267. The molecule has 0 saturated carbocycles. The molecule has 2 heterocycles. The number of ether oxygens (including phenoxy) is 4. The lowest BCUT2D eigenvalue weighted by atomic mass is 10.0. The van der Waals surface area contributed by atoms with Crippen LogP contribution in [0, 0.1) is 0 Å². The SMILES string of the molecule is COc1cncc(C(O)c2cc(OC)c3c(c2)OCO3)c1. The molecule has 1 aromatic heterocycles. The Morgan fingerprint density at radius 3 is 2.71 bits per heavy atom. The van der Waals surface area contributed by atoms with Crippen LogP contribution in [-0.2, 0) is 0 Å². The van der Waals surface area contributed by atoms with Crippen molar-refractivity contribution in [2.45, 2.75) is 6.10 Å². The van der Waals surface area contributed by atoms with E-state index in [-0.39, 0.29) is 6.79 Å². The van der Waals surface area contributed by atoms with Crippen molar-refractivity contribution in [3.63, 3.8) is 0 Å². The minimum Gasteiger partial charge on any atom is -0.495 e. The molecular weight excluding hydrogens is 274 g/mol. The summed E-state index contributed by atoms with van der Waals surface area (Å²) in [5.74, 6) is 2.21. The molecule has 1 N–H and O–H groups in total. The van der Waals surface area contributed by atoms with E-state index in [1.54, 1.807) is 44.8 Å². The highest BCUT2D eigenvalue weighted by atomic mass is 16.7. The van der Waals surface area contributed by atoms with E-state index in [1.807, 2.05) is 0 Å². The van der Waals surface area contributed by atoms with Crippen molar-refractivity contribution in [1.29, 1.82) is 0 Å². The molecule has 0 bridgehead atoms. The number of pyridine rings is 1. The van der Waals surface area contributed by atoms with Gasteiger partial charge in [0.2, 0.25) is 12.5 Å². The summed E-state index contributed by atoms with van der Waals surface area (Å²) < 4.78 is 21.1. The quantitative estimate of drug-likeness (QED) is 0.927. The van der Waals surface area contributed by atoms with Gasteiger partial charge in [-0.2, -0.15) is 0 Å². The number of rotatable bonds is 4. The molecule has 1 aliphatic heterocycles. The summed E-state index contributed by atoms with van der Waals surface area (Å²) in [5, 5.41) is 10.5. The molecule has 0 saturated heterocycles. The summed E-state index contributed by atoms with van der Waals surface area (Å²) in [4.78, 5) is 4.04. The number of nitrogens with zero attached hydrogens (tertiary/aromatic N) is 1. The predicted octanol–water partition coefficient (Wildman–Crippen LogP) is 1.91. The van der Waals surface area contributed by atoms with E-state index < -0.39 is 6.10 Å². The third kappa shape index (κ3) is 2.45. The van der Waals surface area contributed by atoms with Gasteiger partial charge in [0.1, 0.15) is 11.9 Å². The lowest BCUT2D eigenvalue weighted by molar-refractivity contribution is 0.171. The van der Waals surface area contributed by atoms with Crippen molar-refractivity contribution >= 4 is 0 Å². The second kappa shape index (κ2) is 5.49. The molecule has 0 fully saturated rings. The highest BCUT2D eigenvalue weighted by Gasteiger charge is 2.23. The normalized spacial score (nSPS) is 13.9. The van der Waals surface area contributed by atoms with Gasteiger partial charge in [0.25, 0.3) is 0 Å². The van der Waals surface area contributed by atoms with Crippen LogP contribution in [0.25, 0.3) is 0 Å². The molecule has 1 atom stereocenters. The summed E-state index contributed by atoms with van der Waals surface area (Å²) in [6, 6.07) is 5.18. The zero-order valence-corrected chi connectivity index (χ0v) is 11.7. The third-order valence-electron chi connectivity index (χ3n) is 3.28. The van der Waals surface area contributed by atoms with E-state index in [0.29, 0.717) is 34.1 Å². The third-order valence-corrected chi connectivity index (χ3v) is 3.28. The average molecular weight is 289 g/mol. The smallest absolute Gasteiger partial charge is 0.231 e. The Hall–Kier alpha value is -2.47. The fourth-order valence-corrected chi connectivity index (χ4v) is 2.20. The zero-order chi connectivity index (χ0) is 14.8. The largest absolute Gasteiger partial charge is 0.495 e. The van der Waals surface area contributed by atoms with Gasteiger partial charge in [0.15, 0.2) is 11.5 Å². The van der Waals surface area contributed by atoms with Crippen LogP contribution in [-0.4, -0.2) is 31.1 Å². The number of benzene rings is 1. The van der Waals surface area contributed by atoms with Crippen LogP contribution in [0.2, 0.25) is 0 Å². The van der Waals surface area contributed by atoms with Crippen LogP contribution in [0.15, 0.2) is 30.6 Å². The van der Waals surface area contributed by atoms with Crippen LogP contribution in [0.4, 0.5) is 0 Å². The molecule has 0 amide bonds. The standard InChI is InChI=1S/C15H15NO5/c1-18-11-3-10(6-16-7-11)14(17)9-4-12(19-2)15-13(5-9)20-8-21-15/h3-7,14,17H,8H2,1-2H3. The molecule has 6 nitrogen and oxygen atoms in total. The summed E-state index contributed by atoms with van der Waals surface area (Å²) in [5.41, 5.74) is 1.25. The number of hydrogen-bond acceptors (Lipinski definition) is 6. The maximum Gasteiger partial charge on any atom is 0.231 e. The molecule has 21 heavy (non-hydrogen) atoms. The van der Waals surface area contributed by atoms with E-state index >= 15 is 0 Å². The van der Waals surface area contributed by atoms with Crippen LogP contribution >= 0.6 is 0 Å². The Bertz CT molecular complexity index is 659. The van der Waals surface area contributed by atoms with Gasteiger partial charge in [0.05, 0.1) is 20.4 Å². The predicted molar refractivity (Wildman–Crippen MR) is 74.0 cm³/mol. The van der Waals surface area contributed by atoms with Gasteiger partial charge in [-0.1, -0.05) is 0 Å². The summed E-state index contributed by atoms with van der Waals surface area (Å²) >= 11 is 0. The average Bonchev–Trinajstić information content (AvgIpc) is 3.01. The first kappa shape index (κ1) is 13.5. The first-order chi connectivity index (χ1) is 10.2. The maximum atomic E-state index is 10.5. The van der Waals surface area contributed by atoms with Crippen LogP contribution in [0.5, 0.6) is 23.0 Å². The number of aliphatic hydroxyl groups excluding tert-OH is 1. The number of aromatic nitrogens is 1. The second-order valence-corrected chi connectivity index (χ2v) is 4.52. The van der Waals surface area contributed by atoms with Crippen molar-refractivity contribution in [1.82, 2.24) is 4.98 Å². The summed E-state index contributed by atoms with van der Waals surface area (Å²) in [6.07, 6.45) is 2.30. The second-order valence-electron chi connectivity index (χ2n) is 4.52. The first-order valence-electron chi connectivity index (χ1n) is 6.37. The van der Waals surface area contributed by atoms with Gasteiger partial charge >= 0.3 is 0 Å². The molecule has 3 rings (SSSR count). The molecule has 110 valence electrons. The van der Waals surface area contributed by atoms with Crippen LogP contribution < -0.4 is 18.9 Å². The lowest BCUT2D eigenvalue weighted by Crippen LogP contribution is -2.02. The molecule has 1 aliphatic rings. The summed E-state index contributed by atoms with van der Waals surface area (Å²) in [6.45, 7) is 0.145. The van der Waals surface area contributed by atoms with Gasteiger partial charge in [-0.15, -0.1) is 0 Å². The highest BCUT2D eigenvalue weighted by Crippen LogP contribution is 2.43. The Morgan fingerprint density at radius 2 is 1.95 bits per heavy atom. The van der Waals surface area contributed by atoms with Gasteiger partial charge in [-0.25, -0.2) is 0 Å². The van der Waals surface area contributed by atoms with Gasteiger partial charge in [-0.05, 0) is 23.8 Å². The minimum atomic E-state index is -0.865. The van der Waals surface area contributed by atoms with Crippen molar-refractivity contribution in [3.05, 3.63) is 41.7 Å². The first-order valence-corrected chi connectivity index (χ1v) is 6.37. The molecule has 6 heteroatoms. The van der Waals surface area contributed by atoms with Gasteiger partial charge < -0.3 is 24.1 Å². The fourth-order valence-electron chi connectivity index (χ4n) is 2.20. The van der Waals surface area contributed by atoms with Crippen molar-refractivity contribution in [2.75, 3.05) is 21.0 Å². The number of methoxy groups -OCH3 is 2. The Kier molecular flexibility index (Phi) is 3.53. The zero-order valence-electron chi connectivity index (χ0n) is 11.7. The molecule has 2 aromatic rings. The number of fused-ring (bicyclic) bond motifs is 1. The van der Waals surface area contributed by atoms with Gasteiger partial charge in [-0.3, -0.25) is 4.98 Å². The van der Waals surface area contributed by atoms with E-state index in [9.17, 15) is 5.11 Å². The molecule has 1 unspecified atom stereocenters. The van der Waals surface area contributed by atoms with E-state index in [4.69, 9.17) is 18.9 Å². The highest BCUT2D eigenvalue weighted by molar-refractivity contribution is 5.56. The monoisotopic (exact) mass is 289 g/mol. The number of aliphatic hydroxyl groups is 1. The van der Waals surface area contributed by atoms with E-state index in [0.717, 1.165) is 0 Å². The summed E-state index contributed by atoms with van der Waals surface area (Å²) in [7, 11) is 3.09. The number of hydrogen-bond donors (Lipinski definition) is 1. The Labute approximate surface area is 121 Å². The van der Waals surface area contributed by atoms with Crippen LogP contribution in [0.1, 0.15) is 17.2 Å². The molecule has 0 aliphatic carbocycles. The van der Waals surface area contributed by atoms with Crippen molar-refractivity contribution in [3.8, 4) is 23.0 Å². The molecule has 1 aromatic carbocycles. The van der Waals surface area contributed by atoms with Gasteiger partial charge in [0, 0.05) is 11.8 Å². The molecular formula is C15H15NO5. The van der Waals surface area contributed by atoms with E-state index in [1.165, 1.54) is 0 Å². The topological polar surface area (TPSA) is 70.0 Å². The Balaban J connectivity index is 1.99. The molecule has 0 radical (unpaired) electrons.